The van der Waals surface area contributed by atoms with E-state index in [0.29, 0.717) is 11.5 Å². The Bertz CT molecular complexity index is 832. The molecule has 0 saturated heterocycles. The van der Waals surface area contributed by atoms with Gasteiger partial charge in [-0.15, -0.1) is 13.2 Å². The average Bonchev–Trinajstić information content (AvgIpc) is 2.48. The van der Waals surface area contributed by atoms with Gasteiger partial charge in [0, 0.05) is 11.1 Å². The monoisotopic (exact) mass is 319 g/mol. The summed E-state index contributed by atoms with van der Waals surface area (Å²) in [6.07, 6.45) is -3.26. The molecule has 3 aromatic rings. The molecule has 0 radical (unpaired) electrons. The number of nitrogens with one attached hydrogen (secondary N) is 1. The number of aryl methyl sites for hydroxylation is 1. The summed E-state index contributed by atoms with van der Waals surface area (Å²) in [4.78, 5) is 8.38. The van der Waals surface area contributed by atoms with Crippen LogP contribution in [-0.4, -0.2) is 16.3 Å². The maximum absolute atomic E-state index is 12.1. The van der Waals surface area contributed by atoms with E-state index in [-0.39, 0.29) is 5.75 Å². The molecule has 0 amide bonds. The molecule has 7 heteroatoms. The lowest BCUT2D eigenvalue weighted by molar-refractivity contribution is -0.274. The summed E-state index contributed by atoms with van der Waals surface area (Å²) in [5.74, 6) is 0.311. The number of nitrogens with zero attached hydrogens (tertiary/aromatic N) is 2. The predicted octanol–water partition coefficient (Wildman–Crippen LogP) is 4.58. The van der Waals surface area contributed by atoms with E-state index < -0.39 is 6.36 Å². The zero-order valence-corrected chi connectivity index (χ0v) is 12.1. The van der Waals surface area contributed by atoms with Gasteiger partial charge in [-0.05, 0) is 48.9 Å². The van der Waals surface area contributed by atoms with E-state index in [0.717, 1.165) is 16.5 Å². The van der Waals surface area contributed by atoms with Crippen molar-refractivity contribution in [2.24, 2.45) is 0 Å². The van der Waals surface area contributed by atoms with Gasteiger partial charge < -0.3 is 10.1 Å². The minimum absolute atomic E-state index is 0.272. The van der Waals surface area contributed by atoms with E-state index in [1.54, 1.807) is 0 Å². The molecule has 0 bridgehead atoms. The maximum Gasteiger partial charge on any atom is 0.573 e. The lowest BCUT2D eigenvalue weighted by Gasteiger charge is -2.11. The van der Waals surface area contributed by atoms with Crippen LogP contribution in [-0.2, 0) is 0 Å². The van der Waals surface area contributed by atoms with Gasteiger partial charge in [0.2, 0.25) is 0 Å². The van der Waals surface area contributed by atoms with Gasteiger partial charge in [0.05, 0.1) is 5.52 Å². The third-order valence-corrected chi connectivity index (χ3v) is 3.14. The fraction of sp³-hybridized carbons (Fsp3) is 0.125. The van der Waals surface area contributed by atoms with Crippen LogP contribution in [0.2, 0.25) is 0 Å². The Balaban J connectivity index is 1.85. The molecule has 2 aromatic carbocycles. The molecule has 0 saturated carbocycles. The summed E-state index contributed by atoms with van der Waals surface area (Å²) in [5, 5.41) is 3.90. The average molecular weight is 319 g/mol. The largest absolute Gasteiger partial charge is 0.573 e. The van der Waals surface area contributed by atoms with Crippen molar-refractivity contribution >= 4 is 22.4 Å². The first-order valence-electron chi connectivity index (χ1n) is 6.75. The van der Waals surface area contributed by atoms with Crippen molar-refractivity contribution in [2.45, 2.75) is 13.3 Å². The van der Waals surface area contributed by atoms with Crippen molar-refractivity contribution in [1.29, 1.82) is 0 Å². The Labute approximate surface area is 129 Å². The highest BCUT2D eigenvalue weighted by Gasteiger charge is 2.30. The molecule has 1 N–H and O–H groups in total. The first-order valence-corrected chi connectivity index (χ1v) is 6.75. The highest BCUT2D eigenvalue weighted by molar-refractivity contribution is 5.90. The third kappa shape index (κ3) is 3.68. The van der Waals surface area contributed by atoms with E-state index >= 15 is 0 Å². The Morgan fingerprint density at radius 2 is 1.74 bits per heavy atom. The second-order valence-electron chi connectivity index (χ2n) is 4.94. The van der Waals surface area contributed by atoms with Crippen LogP contribution in [0.25, 0.3) is 10.9 Å². The molecule has 3 rings (SSSR count). The van der Waals surface area contributed by atoms with E-state index in [2.05, 4.69) is 20.0 Å². The number of hydrogen-bond donors (Lipinski definition) is 1. The zero-order chi connectivity index (χ0) is 16.4. The molecule has 0 fully saturated rings. The molecule has 0 aliphatic carbocycles. The standard InChI is InChI=1S/C16H12F3N3O/c1-10-2-7-13-14(8-10)20-9-21-15(13)22-11-3-5-12(6-4-11)23-16(17,18)19/h2-9H,1H3,(H,20,21,22). The molecule has 118 valence electrons. The molecule has 1 heterocycles. The quantitative estimate of drug-likeness (QED) is 0.767. The molecular formula is C16H12F3N3O. The van der Waals surface area contributed by atoms with E-state index in [1.807, 2.05) is 25.1 Å². The van der Waals surface area contributed by atoms with Crippen molar-refractivity contribution in [2.75, 3.05) is 5.32 Å². The SMILES string of the molecule is Cc1ccc2c(Nc3ccc(OC(F)(F)F)cc3)ncnc2c1. The number of ether oxygens (including phenoxy) is 1. The van der Waals surface area contributed by atoms with Crippen molar-refractivity contribution in [1.82, 2.24) is 9.97 Å². The smallest absolute Gasteiger partial charge is 0.406 e. The van der Waals surface area contributed by atoms with Crippen LogP contribution in [0, 0.1) is 6.92 Å². The molecule has 0 atom stereocenters. The number of fused-ring (bicyclic) bond motifs is 1. The summed E-state index contributed by atoms with van der Waals surface area (Å²) in [6, 6.07) is 11.2. The summed E-state index contributed by atoms with van der Waals surface area (Å²) in [7, 11) is 0. The first kappa shape index (κ1) is 15.1. The van der Waals surface area contributed by atoms with Crippen LogP contribution in [0.5, 0.6) is 5.75 Å². The minimum Gasteiger partial charge on any atom is -0.406 e. The number of aromatic nitrogens is 2. The van der Waals surface area contributed by atoms with Gasteiger partial charge in [-0.3, -0.25) is 0 Å². The van der Waals surface area contributed by atoms with Crippen LogP contribution in [0.3, 0.4) is 0 Å². The van der Waals surface area contributed by atoms with Gasteiger partial charge in [0.1, 0.15) is 17.9 Å². The van der Waals surface area contributed by atoms with E-state index in [4.69, 9.17) is 0 Å². The van der Waals surface area contributed by atoms with Gasteiger partial charge in [-0.2, -0.15) is 0 Å². The zero-order valence-electron chi connectivity index (χ0n) is 12.1. The molecule has 0 spiro atoms. The molecular weight excluding hydrogens is 307 g/mol. The number of halogens is 3. The van der Waals surface area contributed by atoms with Crippen LogP contribution in [0.4, 0.5) is 24.7 Å². The molecule has 0 aliphatic rings. The minimum atomic E-state index is -4.70. The lowest BCUT2D eigenvalue weighted by Crippen LogP contribution is -2.16. The fourth-order valence-electron chi connectivity index (χ4n) is 2.14. The Morgan fingerprint density at radius 3 is 2.43 bits per heavy atom. The second kappa shape index (κ2) is 5.75. The highest BCUT2D eigenvalue weighted by Crippen LogP contribution is 2.27. The van der Waals surface area contributed by atoms with Crippen molar-refractivity contribution in [3.8, 4) is 5.75 Å². The maximum atomic E-state index is 12.1. The van der Waals surface area contributed by atoms with Gasteiger partial charge in [-0.1, -0.05) is 6.07 Å². The summed E-state index contributed by atoms with van der Waals surface area (Å²) < 4.78 is 40.3. The van der Waals surface area contributed by atoms with Crippen molar-refractivity contribution in [3.05, 3.63) is 54.4 Å². The Morgan fingerprint density at radius 1 is 1.00 bits per heavy atom. The van der Waals surface area contributed by atoms with E-state index in [1.165, 1.54) is 30.6 Å². The number of anilines is 2. The number of hydrogen-bond acceptors (Lipinski definition) is 4. The van der Waals surface area contributed by atoms with Crippen molar-refractivity contribution in [3.63, 3.8) is 0 Å². The fourth-order valence-corrected chi connectivity index (χ4v) is 2.14. The lowest BCUT2D eigenvalue weighted by atomic mass is 10.1. The Hall–Kier alpha value is -2.83. The number of rotatable bonds is 3. The summed E-state index contributed by atoms with van der Waals surface area (Å²) in [5.41, 5.74) is 2.47. The molecule has 1 aromatic heterocycles. The summed E-state index contributed by atoms with van der Waals surface area (Å²) >= 11 is 0. The van der Waals surface area contributed by atoms with Crippen LogP contribution in [0.15, 0.2) is 48.8 Å². The number of benzene rings is 2. The Kier molecular flexibility index (Phi) is 3.77. The van der Waals surface area contributed by atoms with Crippen LogP contribution in [0.1, 0.15) is 5.56 Å². The molecule has 4 nitrogen and oxygen atoms in total. The predicted molar refractivity (Wildman–Crippen MR) is 80.7 cm³/mol. The normalized spacial score (nSPS) is 11.5. The summed E-state index contributed by atoms with van der Waals surface area (Å²) in [6.45, 7) is 1.97. The van der Waals surface area contributed by atoms with Gasteiger partial charge in [0.25, 0.3) is 0 Å². The molecule has 0 unspecified atom stereocenters. The van der Waals surface area contributed by atoms with Gasteiger partial charge in [0.15, 0.2) is 0 Å². The third-order valence-electron chi connectivity index (χ3n) is 3.14. The number of alkyl halides is 3. The molecule has 0 aliphatic heterocycles. The molecule has 23 heavy (non-hydrogen) atoms. The van der Waals surface area contributed by atoms with Crippen LogP contribution < -0.4 is 10.1 Å². The van der Waals surface area contributed by atoms with E-state index in [9.17, 15) is 13.2 Å². The van der Waals surface area contributed by atoms with Crippen LogP contribution >= 0.6 is 0 Å². The van der Waals surface area contributed by atoms with Gasteiger partial charge in [-0.25, -0.2) is 9.97 Å². The topological polar surface area (TPSA) is 47.0 Å². The van der Waals surface area contributed by atoms with Gasteiger partial charge >= 0.3 is 6.36 Å². The highest BCUT2D eigenvalue weighted by atomic mass is 19.4. The second-order valence-corrected chi connectivity index (χ2v) is 4.94. The van der Waals surface area contributed by atoms with Crippen molar-refractivity contribution < 1.29 is 17.9 Å². The first-order chi connectivity index (χ1) is 10.9.